The topological polar surface area (TPSA) is 434 Å². The molecular formula is C110H176N28O10. The largest absolute Gasteiger partial charge is 0.481 e. The summed E-state index contributed by atoms with van der Waals surface area (Å²) in [5, 5.41) is 63.3. The number of aliphatic hydroxyl groups excluding tert-OH is 2. The molecule has 0 spiro atoms. The number of nitrogens with two attached hydrogens (primary N) is 1. The average molecular weight is 2050 g/mol. The number of carboxylic acid groups (broad SMARTS) is 4. The maximum absolute atomic E-state index is 10.8. The number of para-hydroxylation sites is 2. The van der Waals surface area contributed by atoms with Crippen LogP contribution in [-0.4, -0.2) is 461 Å². The molecule has 38 heteroatoms. The Labute approximate surface area is 881 Å². The molecule has 0 unspecified atom stereocenters. The molecule has 816 valence electrons. The molecule has 0 bridgehead atoms. The van der Waals surface area contributed by atoms with Crippen LogP contribution in [-0.2, 0) is 35.8 Å². The van der Waals surface area contributed by atoms with E-state index in [1.807, 2.05) is 86.8 Å². The maximum Gasteiger partial charge on any atom is 0.354 e. The second-order valence-electron chi connectivity index (χ2n) is 38.5. The number of nitrogens with zero attached hydrogens (tertiary/aromatic N) is 24. The maximum atomic E-state index is 10.8. The number of aromatic nitrogens is 7. The Bertz CT molecular complexity index is 4810. The summed E-state index contributed by atoms with van der Waals surface area (Å²) in [6.07, 6.45) is 10.7. The quantitative estimate of drug-likeness (QED) is 0.0169. The van der Waals surface area contributed by atoms with Crippen LogP contribution in [0, 0.1) is 0 Å². The number of aliphatic carboxylic acids is 2. The molecule has 0 atom stereocenters. The molecule has 5 fully saturated rings. The van der Waals surface area contributed by atoms with Gasteiger partial charge in [0.1, 0.15) is 11.4 Å². The van der Waals surface area contributed by atoms with Crippen molar-refractivity contribution in [2.75, 3.05) is 273 Å². The van der Waals surface area contributed by atoms with E-state index in [1.165, 1.54) is 143 Å². The second kappa shape index (κ2) is 75.7. The number of rotatable bonds is 27. The van der Waals surface area contributed by atoms with Crippen LogP contribution in [0.3, 0.4) is 0 Å². The number of aliphatic imine (C=N–C) groups is 4. The van der Waals surface area contributed by atoms with Crippen molar-refractivity contribution in [1.82, 2.24) is 115 Å². The van der Waals surface area contributed by atoms with Crippen molar-refractivity contribution in [2.24, 2.45) is 25.7 Å². The van der Waals surface area contributed by atoms with Crippen LogP contribution in [0.1, 0.15) is 155 Å². The predicted molar refractivity (Wildman–Crippen MR) is 597 cm³/mol. The van der Waals surface area contributed by atoms with Crippen molar-refractivity contribution in [3.8, 4) is 11.4 Å². The van der Waals surface area contributed by atoms with Crippen LogP contribution in [0.4, 0.5) is 11.4 Å². The number of pyridine rings is 7. The molecule has 1 aromatic carbocycles. The minimum atomic E-state index is -1.10. The molecule has 0 aliphatic carbocycles. The third kappa shape index (κ3) is 58.3. The Balaban J connectivity index is 0.000000295. The van der Waals surface area contributed by atoms with E-state index in [9.17, 15) is 19.2 Å². The highest BCUT2D eigenvalue weighted by atomic mass is 16.4. The van der Waals surface area contributed by atoms with Gasteiger partial charge >= 0.3 is 23.9 Å². The fraction of sp³-hybridized carbons (Fsp3) is 0.555. The monoisotopic (exact) mass is 2050 g/mol. The number of benzene rings is 1. The predicted octanol–water partition coefficient (Wildman–Crippen LogP) is 9.33. The van der Waals surface area contributed by atoms with Crippen LogP contribution >= 0.6 is 0 Å². The van der Waals surface area contributed by atoms with Gasteiger partial charge in [0.2, 0.25) is 0 Å². The van der Waals surface area contributed by atoms with E-state index in [-0.39, 0.29) is 43.9 Å². The van der Waals surface area contributed by atoms with Crippen molar-refractivity contribution in [1.29, 1.82) is 0 Å². The number of hydrogen-bond acceptors (Lipinski definition) is 34. The number of nitrogens with one attached hydrogen (secondary N) is 3. The first kappa shape index (κ1) is 128. The number of carboxylic acids is 4. The van der Waals surface area contributed by atoms with Gasteiger partial charge in [-0.15, -0.1) is 0 Å². The van der Waals surface area contributed by atoms with Crippen molar-refractivity contribution in [3.63, 3.8) is 0 Å². The summed E-state index contributed by atoms with van der Waals surface area (Å²) < 4.78 is 0. The molecule has 5 saturated heterocycles. The molecule has 7 aromatic heterocycles. The van der Waals surface area contributed by atoms with E-state index in [4.69, 9.17) is 36.4 Å². The minimum absolute atomic E-state index is 0.0492. The molecule has 8 aromatic rings. The summed E-state index contributed by atoms with van der Waals surface area (Å²) >= 11 is 0. The van der Waals surface area contributed by atoms with Gasteiger partial charge in [0.25, 0.3) is 0 Å². The summed E-state index contributed by atoms with van der Waals surface area (Å²) in [5.74, 6) is -4.10. The molecule has 0 amide bonds. The van der Waals surface area contributed by atoms with Crippen molar-refractivity contribution in [3.05, 3.63) is 221 Å². The summed E-state index contributed by atoms with van der Waals surface area (Å²) in [6, 6.07) is 46.0. The molecular weight excluding hydrogens is 1870 g/mol. The molecule has 148 heavy (non-hydrogen) atoms. The average Bonchev–Trinajstić information content (AvgIpc) is 1.08. The Morgan fingerprint density at radius 2 is 0.804 bits per heavy atom. The molecule has 38 nitrogen and oxygen atoms in total. The van der Waals surface area contributed by atoms with Gasteiger partial charge in [0, 0.05) is 210 Å². The zero-order valence-corrected chi connectivity index (χ0v) is 91.6. The van der Waals surface area contributed by atoms with Gasteiger partial charge in [0.15, 0.2) is 0 Å². The minimum Gasteiger partial charge on any atom is -0.481 e. The van der Waals surface area contributed by atoms with Crippen LogP contribution < -0.4 is 21.7 Å². The molecule has 12 heterocycles. The van der Waals surface area contributed by atoms with Crippen molar-refractivity contribution < 1.29 is 49.8 Å². The number of carbonyl (C=O) groups is 4. The van der Waals surface area contributed by atoms with Crippen LogP contribution in [0.15, 0.2) is 190 Å². The Kier molecular flexibility index (Phi) is 65.2. The standard InChI is InChI=1S/C16H28N4.C16H18N4.C14H16N2O4.C13H10N2O4.C12H28N4.C12H12N2O2.C10H24N4.C10H23N3.C7H17N3/c1-14(2)19-10-9-18(12-20(13-19)15(3)4)11-16-7-5-6-8-17-16;1-13(15-7-3-5-9-19-15)17-11-12-18-14(2)16-8-4-6-10-20-16;1-9(7-13(17)18)15-11-5-3-4-6-12(11)16-10(2)8-14(19)20;16-12(17)10-5-1-3-8(14-10)7-9-4-2-6-11(15-9)13(18)19;1-13-5-7-14(2)9-11-16(4)12-10-15(3)8-6-13;15-7-9-3-1-5-11(13-9)12-6-2-4-10(8-16)14-12;1-11(2)5-7-14-8-6-12(3)9-13(4)10-14;1-13-9-4-2-3-5-11-6-7-12-8-10-13;8-2-6-10-5-1-3-9-4-7-10/h5-8,14-15H,9-13H2,1-4H3;3-10H,11-12H2,1-2H3;3-6H,7-8H2,1-2H3,(H,17,18)(H,19,20);1-6H,7H2,(H,16,17)(H,18,19);5-12H2,1-4H3;1-6,15-16H,7-8H2;5-10H2,1-4H3;11-12H,2-10H2,1H3;9H,1-8H2. The molecule has 11 N–H and O–H groups in total. The third-order valence-electron chi connectivity index (χ3n) is 24.3. The smallest absolute Gasteiger partial charge is 0.354 e. The fourth-order valence-corrected chi connectivity index (χ4v) is 15.4. The first-order valence-corrected chi connectivity index (χ1v) is 51.9. The highest BCUT2D eigenvalue weighted by Crippen LogP contribution is 2.29. The van der Waals surface area contributed by atoms with Gasteiger partial charge in [-0.25, -0.2) is 29.5 Å². The van der Waals surface area contributed by atoms with Crippen molar-refractivity contribution in [2.45, 2.75) is 132 Å². The first-order chi connectivity index (χ1) is 71.1. The van der Waals surface area contributed by atoms with E-state index in [1.54, 1.807) is 86.9 Å². The van der Waals surface area contributed by atoms with E-state index < -0.39 is 23.9 Å². The van der Waals surface area contributed by atoms with Gasteiger partial charge in [-0.1, -0.05) is 61.0 Å². The molecule has 5 aliphatic rings. The number of hydrogen-bond donors (Lipinski definition) is 10. The molecule has 0 saturated carbocycles. The van der Waals surface area contributed by atoms with Gasteiger partial charge in [0.05, 0.1) is 128 Å². The zero-order chi connectivity index (χ0) is 108. The fourth-order valence-electron chi connectivity index (χ4n) is 15.4. The second-order valence-corrected chi connectivity index (χ2v) is 38.5. The summed E-state index contributed by atoms with van der Waals surface area (Å²) in [6.45, 7) is 52.5. The van der Waals surface area contributed by atoms with E-state index >= 15 is 0 Å². The Morgan fingerprint density at radius 1 is 0.378 bits per heavy atom. The van der Waals surface area contributed by atoms with Gasteiger partial charge < -0.3 is 86.6 Å². The molecule has 0 radical (unpaired) electrons. The third-order valence-corrected chi connectivity index (χ3v) is 24.3. The Morgan fingerprint density at radius 3 is 1.26 bits per heavy atom. The number of likely N-dealkylation sites (N-methyl/N-ethyl adjacent to an activating group) is 7. The van der Waals surface area contributed by atoms with Gasteiger partial charge in [-0.3, -0.25) is 73.9 Å². The van der Waals surface area contributed by atoms with E-state index in [2.05, 4.69) is 238 Å². The summed E-state index contributed by atoms with van der Waals surface area (Å²) in [4.78, 5) is 121. The van der Waals surface area contributed by atoms with Crippen LogP contribution in [0.2, 0.25) is 0 Å². The lowest BCUT2D eigenvalue weighted by Crippen LogP contribution is -2.44. The number of aromatic carboxylic acids is 2. The van der Waals surface area contributed by atoms with Crippen LogP contribution in [0.5, 0.6) is 0 Å². The van der Waals surface area contributed by atoms with Crippen LogP contribution in [0.25, 0.3) is 11.4 Å². The zero-order valence-electron chi connectivity index (χ0n) is 91.6. The summed E-state index contributed by atoms with van der Waals surface area (Å²) in [7, 11) is 19.7. The van der Waals surface area contributed by atoms with Gasteiger partial charge in [-0.05, 0) is 261 Å². The number of aliphatic hydroxyl groups is 2. The Hall–Kier alpha value is -10.9. The van der Waals surface area contributed by atoms with Crippen molar-refractivity contribution >= 4 is 58.1 Å². The lowest BCUT2D eigenvalue weighted by Gasteiger charge is -2.32. The normalized spacial score (nSPS) is 17.1. The SMILES string of the molecule is CC(=NCCN=C(C)c1ccccn1)c1ccccn1.CC(C)N1CCN(Cc2ccccn2)CN(C(C)C)C1.CC(CC(=O)O)=Nc1ccccc1N=C(C)CC(=O)O.CN(C)CCN1CCN(C)CN(C)C1.CN1CCCCCNCCNCC1.CN1CCN(C)CCN(C)CCN(C)CC1.NCCN1CCCNCC1.O=C(O)c1cccc(Cc2cccc(C(=O)O)n2)n1.OCc1cccc(-c2cccc(CO)n2)n1. The van der Waals surface area contributed by atoms with E-state index in [0.29, 0.717) is 82.1 Å². The first-order valence-electron chi connectivity index (χ1n) is 51.9. The summed E-state index contributed by atoms with van der Waals surface area (Å²) in [5.41, 5.74) is 15.8. The molecule has 5 aliphatic heterocycles. The van der Waals surface area contributed by atoms with E-state index in [0.717, 1.165) is 127 Å². The lowest BCUT2D eigenvalue weighted by atomic mass is 10.2. The van der Waals surface area contributed by atoms with Gasteiger partial charge in [-0.2, -0.15) is 0 Å². The molecule has 13 rings (SSSR count). The highest BCUT2D eigenvalue weighted by molar-refractivity contribution is 6.01. The lowest BCUT2D eigenvalue weighted by molar-refractivity contribution is -0.136. The highest BCUT2D eigenvalue weighted by Gasteiger charge is 2.25.